The summed E-state index contributed by atoms with van der Waals surface area (Å²) >= 11 is 0. The fraction of sp³-hybridized carbons (Fsp3) is 0.314. The minimum absolute atomic E-state index is 0.0167. The molecule has 14 heteroatoms. The molecule has 0 aliphatic carbocycles. The van der Waals surface area contributed by atoms with Crippen molar-refractivity contribution in [2.45, 2.75) is 83.6 Å². The molecule has 4 N–H and O–H groups in total. The molecule has 65 heavy (non-hydrogen) atoms. The first kappa shape index (κ1) is 47.1. The number of hydrogen-bond acceptors (Lipinski definition) is 11. The number of phenolic OH excluding ortho intramolecular Hbond substituents is 2. The van der Waals surface area contributed by atoms with Gasteiger partial charge in [0, 0.05) is 12.1 Å². The molecule has 6 rings (SSSR count). The van der Waals surface area contributed by atoms with Crippen molar-refractivity contribution in [1.82, 2.24) is 10.2 Å². The largest absolute Gasteiger partial charge is 0.507 e. The zero-order valence-electron chi connectivity index (χ0n) is 36.3. The SMILES string of the molecule is CCCCCCCCCCOc1cc(C(=O)O[C@@H]2CN(C(=O)OCc3ccccc3)C[C@H]2NC(=O)c2ccc(OCc3ccccc3)cc2)cc(O)c1C(=O)c1c(O)cccc1C(=O)O. The summed E-state index contributed by atoms with van der Waals surface area (Å²) in [6.07, 6.45) is 6.21. The normalized spacial score (nSPS) is 14.3. The molecule has 1 saturated heterocycles. The molecule has 0 radical (unpaired) electrons. The van der Waals surface area contributed by atoms with Gasteiger partial charge in [-0.25, -0.2) is 14.4 Å². The predicted molar refractivity (Wildman–Crippen MR) is 241 cm³/mol. The van der Waals surface area contributed by atoms with E-state index in [2.05, 4.69) is 12.2 Å². The molecule has 0 bridgehead atoms. The lowest BCUT2D eigenvalue weighted by atomic mass is 9.95. The van der Waals surface area contributed by atoms with Crippen LogP contribution in [0, 0.1) is 0 Å². The molecular formula is C51H54N2O12. The molecule has 0 spiro atoms. The van der Waals surface area contributed by atoms with Gasteiger partial charge in [0.25, 0.3) is 5.91 Å². The number of ketones is 1. The van der Waals surface area contributed by atoms with Crippen molar-refractivity contribution in [2.75, 3.05) is 19.7 Å². The third-order valence-electron chi connectivity index (χ3n) is 11.0. The van der Waals surface area contributed by atoms with Crippen LogP contribution in [0.1, 0.15) is 116 Å². The van der Waals surface area contributed by atoms with Crippen LogP contribution >= 0.6 is 0 Å². The van der Waals surface area contributed by atoms with Crippen molar-refractivity contribution in [3.63, 3.8) is 0 Å². The summed E-state index contributed by atoms with van der Waals surface area (Å²) in [4.78, 5) is 68.4. The Morgan fingerprint density at radius 3 is 1.97 bits per heavy atom. The monoisotopic (exact) mass is 886 g/mol. The van der Waals surface area contributed by atoms with E-state index in [1.54, 1.807) is 36.4 Å². The summed E-state index contributed by atoms with van der Waals surface area (Å²) in [7, 11) is 0. The standard InChI is InChI=1S/C51H54N2O12/c1-2-3-4-5-6-7-8-15-27-62-43-29-37(28-42(55)46(43)47(56)45-39(49(58)59)21-16-22-41(45)54)50(60)65-44-31-53(51(61)64-33-35-19-13-10-14-20-35)30-40(44)52-48(57)36-23-25-38(26-24-36)63-32-34-17-11-9-12-18-34/h9-14,16-26,28-29,40,44,54-55H,2-8,15,27,30-33H2,1H3,(H,52,57)(H,58,59)/t40-,44-/m1/s1. The van der Waals surface area contributed by atoms with E-state index in [9.17, 15) is 39.3 Å². The van der Waals surface area contributed by atoms with Crippen LogP contribution in [0.15, 0.2) is 115 Å². The molecule has 1 aliphatic rings. The van der Waals surface area contributed by atoms with E-state index >= 15 is 0 Å². The van der Waals surface area contributed by atoms with E-state index in [0.29, 0.717) is 18.8 Å². The molecule has 340 valence electrons. The van der Waals surface area contributed by atoms with Gasteiger partial charge < -0.3 is 44.5 Å². The van der Waals surface area contributed by atoms with Crippen molar-refractivity contribution in [1.29, 1.82) is 0 Å². The number of esters is 1. The van der Waals surface area contributed by atoms with Gasteiger partial charge in [-0.15, -0.1) is 0 Å². The molecule has 2 amide bonds. The van der Waals surface area contributed by atoms with Gasteiger partial charge >= 0.3 is 18.0 Å². The number of unbranched alkanes of at least 4 members (excludes halogenated alkanes) is 7. The maximum atomic E-state index is 14.0. The summed E-state index contributed by atoms with van der Waals surface area (Å²) in [6, 6.07) is 30.0. The van der Waals surface area contributed by atoms with Gasteiger partial charge in [0.15, 0.2) is 0 Å². The number of likely N-dealkylation sites (tertiary alicyclic amines) is 1. The lowest BCUT2D eigenvalue weighted by Gasteiger charge is -2.21. The third-order valence-corrected chi connectivity index (χ3v) is 11.0. The van der Waals surface area contributed by atoms with Crippen LogP contribution in [0.3, 0.4) is 0 Å². The quantitative estimate of drug-likeness (QED) is 0.0293. The predicted octanol–water partition coefficient (Wildman–Crippen LogP) is 9.10. The number of rotatable bonds is 22. The van der Waals surface area contributed by atoms with Crippen molar-refractivity contribution < 1.29 is 58.2 Å². The summed E-state index contributed by atoms with van der Waals surface area (Å²) in [6.45, 7) is 2.33. The Morgan fingerprint density at radius 2 is 1.31 bits per heavy atom. The maximum absolute atomic E-state index is 14.0. The average Bonchev–Trinajstić information content (AvgIpc) is 3.71. The maximum Gasteiger partial charge on any atom is 0.410 e. The van der Waals surface area contributed by atoms with E-state index in [-0.39, 0.29) is 43.2 Å². The number of hydrogen-bond donors (Lipinski definition) is 4. The van der Waals surface area contributed by atoms with Gasteiger partial charge in [-0.1, -0.05) is 119 Å². The first-order valence-corrected chi connectivity index (χ1v) is 21.9. The Kier molecular flexibility index (Phi) is 16.9. The Balaban J connectivity index is 1.21. The topological polar surface area (TPSA) is 198 Å². The highest BCUT2D eigenvalue weighted by atomic mass is 16.6. The molecular weight excluding hydrogens is 833 g/mol. The van der Waals surface area contributed by atoms with Gasteiger partial charge in [0.05, 0.1) is 35.9 Å². The van der Waals surface area contributed by atoms with Crippen LogP contribution < -0.4 is 14.8 Å². The average molecular weight is 887 g/mol. The van der Waals surface area contributed by atoms with E-state index < -0.39 is 70.1 Å². The summed E-state index contributed by atoms with van der Waals surface area (Å²) in [5, 5.41) is 34.7. The van der Waals surface area contributed by atoms with Crippen LogP contribution in [0.4, 0.5) is 4.79 Å². The molecule has 0 saturated carbocycles. The lowest BCUT2D eigenvalue weighted by molar-refractivity contribution is 0.0259. The number of carboxylic acid groups (broad SMARTS) is 1. The Morgan fingerprint density at radius 1 is 0.662 bits per heavy atom. The number of phenols is 2. The summed E-state index contributed by atoms with van der Waals surface area (Å²) in [5.41, 5.74) is 0.258. The first-order valence-electron chi connectivity index (χ1n) is 21.9. The highest BCUT2D eigenvalue weighted by Gasteiger charge is 2.40. The number of nitrogens with one attached hydrogen (secondary N) is 1. The van der Waals surface area contributed by atoms with Crippen LogP contribution in [0.2, 0.25) is 0 Å². The number of carbonyl (C=O) groups is 5. The van der Waals surface area contributed by atoms with E-state index in [1.807, 2.05) is 48.5 Å². The second-order valence-electron chi connectivity index (χ2n) is 15.8. The first-order chi connectivity index (χ1) is 31.5. The zero-order chi connectivity index (χ0) is 46.1. The van der Waals surface area contributed by atoms with Gasteiger partial charge in [-0.2, -0.15) is 0 Å². The van der Waals surface area contributed by atoms with Crippen molar-refractivity contribution in [3.8, 4) is 23.0 Å². The highest BCUT2D eigenvalue weighted by Crippen LogP contribution is 2.36. The van der Waals surface area contributed by atoms with Crippen molar-refractivity contribution in [3.05, 3.63) is 154 Å². The molecule has 1 aliphatic heterocycles. The molecule has 14 nitrogen and oxygen atoms in total. The van der Waals surface area contributed by atoms with Gasteiger partial charge in [-0.05, 0) is 66.1 Å². The number of benzene rings is 5. The van der Waals surface area contributed by atoms with Gasteiger partial charge in [0.1, 0.15) is 47.9 Å². The zero-order valence-corrected chi connectivity index (χ0v) is 36.3. The molecule has 2 atom stereocenters. The van der Waals surface area contributed by atoms with Crippen LogP contribution in [0.25, 0.3) is 0 Å². The summed E-state index contributed by atoms with van der Waals surface area (Å²) < 4.78 is 23.4. The van der Waals surface area contributed by atoms with Gasteiger partial charge in [-0.3, -0.25) is 9.59 Å². The smallest absolute Gasteiger partial charge is 0.410 e. The third kappa shape index (κ3) is 13.1. The van der Waals surface area contributed by atoms with Crippen LogP contribution in [-0.4, -0.2) is 81.8 Å². The van der Waals surface area contributed by atoms with Gasteiger partial charge in [0.2, 0.25) is 5.78 Å². The number of nitrogens with zero attached hydrogens (tertiary/aromatic N) is 1. The number of carboxylic acids is 1. The Labute approximate surface area is 377 Å². The van der Waals surface area contributed by atoms with E-state index in [1.165, 1.54) is 23.5 Å². The van der Waals surface area contributed by atoms with E-state index in [0.717, 1.165) is 67.9 Å². The molecule has 1 heterocycles. The minimum Gasteiger partial charge on any atom is -0.507 e. The van der Waals surface area contributed by atoms with Crippen LogP contribution in [0.5, 0.6) is 23.0 Å². The number of ether oxygens (including phenoxy) is 4. The second kappa shape index (κ2) is 23.4. The number of carbonyl (C=O) groups excluding carboxylic acids is 4. The Bertz CT molecular complexity index is 2410. The van der Waals surface area contributed by atoms with Crippen molar-refractivity contribution >= 4 is 29.7 Å². The van der Waals surface area contributed by atoms with Crippen molar-refractivity contribution in [2.24, 2.45) is 0 Å². The molecule has 0 aromatic heterocycles. The molecule has 1 fully saturated rings. The second-order valence-corrected chi connectivity index (χ2v) is 15.8. The molecule has 5 aromatic rings. The van der Waals surface area contributed by atoms with E-state index in [4.69, 9.17) is 18.9 Å². The number of aromatic hydroxyl groups is 2. The number of amides is 2. The minimum atomic E-state index is -1.48. The lowest BCUT2D eigenvalue weighted by Crippen LogP contribution is -2.44. The fourth-order valence-electron chi connectivity index (χ4n) is 7.45. The fourth-order valence-corrected chi connectivity index (χ4v) is 7.45. The highest BCUT2D eigenvalue weighted by molar-refractivity contribution is 6.18. The molecule has 5 aromatic carbocycles. The van der Waals surface area contributed by atoms with Crippen LogP contribution in [-0.2, 0) is 22.7 Å². The summed E-state index contributed by atoms with van der Waals surface area (Å²) in [5.74, 6) is -5.04. The molecule has 0 unspecified atom stereocenters. The Hall–Kier alpha value is -7.35. The number of aromatic carboxylic acids is 1.